The maximum atomic E-state index is 9.82. The summed E-state index contributed by atoms with van der Waals surface area (Å²) >= 11 is 0. The topological polar surface area (TPSA) is 103 Å². The van der Waals surface area contributed by atoms with Gasteiger partial charge in [-0.3, -0.25) is 4.18 Å². The third kappa shape index (κ3) is 12.9. The van der Waals surface area contributed by atoms with E-state index in [4.69, 9.17) is 0 Å². The molecule has 0 aliphatic rings. The Labute approximate surface area is 67.3 Å². The normalized spacial score (nSPS) is 10.7. The van der Waals surface area contributed by atoms with Gasteiger partial charge in [-0.05, 0) is 6.42 Å². The van der Waals surface area contributed by atoms with E-state index >= 15 is 0 Å². The van der Waals surface area contributed by atoms with Gasteiger partial charge in [0.1, 0.15) is 0 Å². The Balaban J connectivity index is 0. The van der Waals surface area contributed by atoms with Gasteiger partial charge < -0.3 is 10.7 Å². The highest BCUT2D eigenvalue weighted by atomic mass is 32.3. The first-order valence-corrected chi connectivity index (χ1v) is 4.50. The second-order valence-electron chi connectivity index (χ2n) is 1.94. The summed E-state index contributed by atoms with van der Waals surface area (Å²) in [7, 11) is -4.45. The van der Waals surface area contributed by atoms with Crippen molar-refractivity contribution in [2.75, 3.05) is 6.61 Å². The van der Waals surface area contributed by atoms with Gasteiger partial charge in [-0.1, -0.05) is 19.8 Å². The van der Waals surface area contributed by atoms with E-state index in [9.17, 15) is 13.0 Å². The third-order valence-corrected chi connectivity index (χ3v) is 1.43. The predicted octanol–water partition coefficient (Wildman–Crippen LogP) is 1.03. The smallest absolute Gasteiger partial charge is 0.217 e. The largest absolute Gasteiger partial charge is 0.726 e. The standard InChI is InChI=1S/C5H12O4S.H3N/c1-2-3-4-5-9-10(6,7)8;/h2-5H2,1H3,(H,6,7,8);1H3. The van der Waals surface area contributed by atoms with E-state index in [-0.39, 0.29) is 12.8 Å². The van der Waals surface area contributed by atoms with Crippen molar-refractivity contribution < 1.29 is 17.2 Å². The fraction of sp³-hybridized carbons (Fsp3) is 1.00. The van der Waals surface area contributed by atoms with Crippen molar-refractivity contribution in [2.45, 2.75) is 26.2 Å². The molecule has 4 N–H and O–H groups in total. The van der Waals surface area contributed by atoms with E-state index < -0.39 is 10.4 Å². The third-order valence-electron chi connectivity index (χ3n) is 0.976. The maximum absolute atomic E-state index is 9.82. The fourth-order valence-corrected chi connectivity index (χ4v) is 0.835. The minimum Gasteiger partial charge on any atom is -0.726 e. The van der Waals surface area contributed by atoms with Crippen LogP contribution in [0.15, 0.2) is 0 Å². The molecular weight excluding hydrogens is 170 g/mol. The van der Waals surface area contributed by atoms with Crippen molar-refractivity contribution in [3.8, 4) is 0 Å². The van der Waals surface area contributed by atoms with Crippen LogP contribution in [0, 0.1) is 0 Å². The summed E-state index contributed by atoms with van der Waals surface area (Å²) in [5, 5.41) is 0. The SMILES string of the molecule is CCCCCOS(=O)(=O)[O-].[NH4+]. The lowest BCUT2D eigenvalue weighted by molar-refractivity contribution is 0.256. The zero-order valence-corrected chi connectivity index (χ0v) is 7.69. The van der Waals surface area contributed by atoms with E-state index in [0.717, 1.165) is 12.8 Å². The minimum absolute atomic E-state index is 0. The first-order chi connectivity index (χ1) is 4.56. The van der Waals surface area contributed by atoms with Crippen molar-refractivity contribution in [1.29, 1.82) is 0 Å². The molecule has 6 heteroatoms. The van der Waals surface area contributed by atoms with E-state index in [1.807, 2.05) is 6.92 Å². The molecule has 0 radical (unpaired) electrons. The molecule has 0 rings (SSSR count). The van der Waals surface area contributed by atoms with E-state index in [0.29, 0.717) is 6.42 Å². The molecule has 0 aromatic carbocycles. The summed E-state index contributed by atoms with van der Waals surface area (Å²) in [5.74, 6) is 0. The number of hydrogen-bond acceptors (Lipinski definition) is 4. The molecule has 0 aromatic rings. The molecule has 5 nitrogen and oxygen atoms in total. The lowest BCUT2D eigenvalue weighted by Crippen LogP contribution is -2.04. The van der Waals surface area contributed by atoms with Gasteiger partial charge >= 0.3 is 0 Å². The lowest BCUT2D eigenvalue weighted by atomic mass is 10.3. The van der Waals surface area contributed by atoms with Gasteiger partial charge in [0.2, 0.25) is 10.4 Å². The van der Waals surface area contributed by atoms with Crippen molar-refractivity contribution in [1.82, 2.24) is 6.15 Å². The van der Waals surface area contributed by atoms with Gasteiger partial charge in [-0.2, -0.15) is 0 Å². The monoisotopic (exact) mass is 185 g/mol. The van der Waals surface area contributed by atoms with Gasteiger partial charge in [0.05, 0.1) is 6.61 Å². The Hall–Kier alpha value is -0.170. The lowest BCUT2D eigenvalue weighted by Gasteiger charge is -2.05. The quantitative estimate of drug-likeness (QED) is 0.392. The van der Waals surface area contributed by atoms with Crippen LogP contribution in [-0.4, -0.2) is 19.6 Å². The van der Waals surface area contributed by atoms with Crippen LogP contribution in [-0.2, 0) is 14.6 Å². The zero-order chi connectivity index (χ0) is 8.04. The molecule has 0 heterocycles. The molecule has 0 spiro atoms. The summed E-state index contributed by atoms with van der Waals surface area (Å²) in [4.78, 5) is 0. The second-order valence-corrected chi connectivity index (χ2v) is 2.99. The minimum atomic E-state index is -4.45. The molecule has 0 saturated heterocycles. The van der Waals surface area contributed by atoms with Crippen LogP contribution in [0.5, 0.6) is 0 Å². The average molecular weight is 185 g/mol. The van der Waals surface area contributed by atoms with Crippen LogP contribution in [0.4, 0.5) is 0 Å². The highest BCUT2D eigenvalue weighted by Crippen LogP contribution is 1.95. The Morgan fingerprint density at radius 3 is 2.27 bits per heavy atom. The second kappa shape index (κ2) is 6.53. The summed E-state index contributed by atoms with van der Waals surface area (Å²) in [6.07, 6.45) is 2.48. The fourth-order valence-electron chi connectivity index (χ4n) is 0.513. The first kappa shape index (κ1) is 13.4. The predicted molar refractivity (Wildman–Crippen MR) is 41.2 cm³/mol. The maximum Gasteiger partial charge on any atom is 0.217 e. The van der Waals surface area contributed by atoms with Gasteiger partial charge in [0.25, 0.3) is 0 Å². The molecule has 0 bridgehead atoms. The van der Waals surface area contributed by atoms with E-state index in [2.05, 4.69) is 4.18 Å². The average Bonchev–Trinajstić information content (AvgIpc) is 1.78. The molecule has 70 valence electrons. The Kier molecular flexibility index (Phi) is 7.97. The number of rotatable bonds is 5. The van der Waals surface area contributed by atoms with Crippen LogP contribution >= 0.6 is 0 Å². The summed E-state index contributed by atoms with van der Waals surface area (Å²) in [6, 6.07) is 0. The summed E-state index contributed by atoms with van der Waals surface area (Å²) < 4.78 is 33.4. The zero-order valence-electron chi connectivity index (χ0n) is 6.87. The highest BCUT2D eigenvalue weighted by molar-refractivity contribution is 7.80. The number of quaternary nitrogens is 1. The summed E-state index contributed by atoms with van der Waals surface area (Å²) in [6.45, 7) is 1.99. The van der Waals surface area contributed by atoms with Crippen molar-refractivity contribution in [3.05, 3.63) is 0 Å². The van der Waals surface area contributed by atoms with Gasteiger partial charge in [0, 0.05) is 0 Å². The molecule has 0 aromatic heterocycles. The number of hydrogen-bond donors (Lipinski definition) is 1. The van der Waals surface area contributed by atoms with E-state index in [1.54, 1.807) is 0 Å². The molecule has 0 amide bonds. The van der Waals surface area contributed by atoms with Crippen molar-refractivity contribution in [3.63, 3.8) is 0 Å². The number of unbranched alkanes of at least 4 members (excludes halogenated alkanes) is 2. The molecule has 0 atom stereocenters. The van der Waals surface area contributed by atoms with Crippen molar-refractivity contribution >= 4 is 10.4 Å². The van der Waals surface area contributed by atoms with Crippen LogP contribution in [0.2, 0.25) is 0 Å². The Morgan fingerprint density at radius 1 is 1.36 bits per heavy atom. The van der Waals surface area contributed by atoms with E-state index in [1.165, 1.54) is 0 Å². The molecule has 0 fully saturated rings. The molecule has 11 heavy (non-hydrogen) atoms. The van der Waals surface area contributed by atoms with Crippen LogP contribution in [0.25, 0.3) is 0 Å². The van der Waals surface area contributed by atoms with Crippen LogP contribution in [0.1, 0.15) is 26.2 Å². The van der Waals surface area contributed by atoms with Crippen LogP contribution < -0.4 is 6.15 Å². The van der Waals surface area contributed by atoms with Gasteiger partial charge in [-0.25, -0.2) is 8.42 Å². The van der Waals surface area contributed by atoms with Crippen LogP contribution in [0.3, 0.4) is 0 Å². The van der Waals surface area contributed by atoms with Gasteiger partial charge in [-0.15, -0.1) is 0 Å². The van der Waals surface area contributed by atoms with Crippen molar-refractivity contribution in [2.24, 2.45) is 0 Å². The van der Waals surface area contributed by atoms with Gasteiger partial charge in [0.15, 0.2) is 0 Å². The molecule has 0 unspecified atom stereocenters. The molecule has 0 aliphatic heterocycles. The summed E-state index contributed by atoms with van der Waals surface area (Å²) in [5.41, 5.74) is 0. The molecular formula is C5H15NO4S. The highest BCUT2D eigenvalue weighted by Gasteiger charge is 1.92. The Bertz CT molecular complexity index is 165. The first-order valence-electron chi connectivity index (χ1n) is 3.16. The Morgan fingerprint density at radius 2 is 1.91 bits per heavy atom. The molecule has 0 saturated carbocycles. The molecule has 0 aliphatic carbocycles.